The molecule has 0 bridgehead atoms. The maximum Gasteiger partial charge on any atom is 0.209 e. The van der Waals surface area contributed by atoms with Gasteiger partial charge in [-0.1, -0.05) is 175 Å². The van der Waals surface area contributed by atoms with Gasteiger partial charge in [-0.25, -0.2) is 0 Å². The third-order valence-corrected chi connectivity index (χ3v) is 19.8. The second-order valence-electron chi connectivity index (χ2n) is 25.6. The van der Waals surface area contributed by atoms with E-state index in [1.54, 1.807) is 0 Å². The molecule has 0 fully saturated rings. The molecule has 0 saturated carbocycles. The van der Waals surface area contributed by atoms with Crippen LogP contribution < -0.4 is 9.80 Å². The Labute approximate surface area is 492 Å². The summed E-state index contributed by atoms with van der Waals surface area (Å²) in [5, 5.41) is 1.85. The first-order chi connectivity index (χ1) is 38.5. The van der Waals surface area contributed by atoms with Gasteiger partial charge in [0.15, 0.2) is 11.4 Å². The molecule has 4 heterocycles. The minimum Gasteiger partial charge on any atom is -0.344 e. The van der Waals surface area contributed by atoms with E-state index in [9.17, 15) is 0 Å². The summed E-state index contributed by atoms with van der Waals surface area (Å²) in [4.78, 5) is 5.11. The molecule has 0 unspecified atom stereocenters. The van der Waals surface area contributed by atoms with Gasteiger partial charge < -0.3 is 9.80 Å². The van der Waals surface area contributed by atoms with Crippen LogP contribution in [0.4, 0.5) is 22.7 Å². The van der Waals surface area contributed by atoms with Crippen LogP contribution in [0.15, 0.2) is 189 Å². The number of para-hydroxylation sites is 4. The van der Waals surface area contributed by atoms with Crippen LogP contribution in [0.5, 0.6) is 0 Å². The van der Waals surface area contributed by atoms with E-state index in [4.69, 9.17) is 23.2 Å². The molecule has 80 heavy (non-hydrogen) atoms. The van der Waals surface area contributed by atoms with E-state index in [0.29, 0.717) is 0 Å². The van der Waals surface area contributed by atoms with Crippen molar-refractivity contribution in [3.05, 3.63) is 212 Å². The fraction of sp³-hybridized carbons (Fsp3) is 0.432. The molecule has 418 valence electrons. The molecule has 0 spiro atoms. The van der Waals surface area contributed by atoms with Crippen LogP contribution in [0, 0.1) is 0 Å². The Hall–Kier alpha value is -5.68. The van der Waals surface area contributed by atoms with Crippen molar-refractivity contribution >= 4 is 57.4 Å². The zero-order valence-electron chi connectivity index (χ0n) is 50.1. The Kier molecular flexibility index (Phi) is 17.3. The average molecular weight is 1110 g/mol. The Bertz CT molecular complexity index is 3110. The lowest BCUT2D eigenvalue weighted by Crippen LogP contribution is -2.28. The van der Waals surface area contributed by atoms with E-state index in [-0.39, 0.29) is 21.7 Å². The number of halogens is 2. The molecule has 0 aromatic heterocycles. The first-order valence-electron chi connectivity index (χ1n) is 30.7. The lowest BCUT2D eigenvalue weighted by atomic mass is 9.81. The summed E-state index contributed by atoms with van der Waals surface area (Å²) in [6, 6.07) is 36.1. The zero-order chi connectivity index (χ0) is 56.4. The van der Waals surface area contributed by atoms with E-state index in [1.165, 1.54) is 116 Å². The maximum atomic E-state index is 7.43. The predicted octanol–water partition coefficient (Wildman–Crippen LogP) is 20.0. The largest absolute Gasteiger partial charge is 0.344 e. The fourth-order valence-electron chi connectivity index (χ4n) is 14.2. The number of rotatable bonds is 19. The van der Waals surface area contributed by atoms with Crippen LogP contribution in [0.25, 0.3) is 0 Å². The van der Waals surface area contributed by atoms with E-state index >= 15 is 0 Å². The summed E-state index contributed by atoms with van der Waals surface area (Å²) < 4.78 is 5.23. The van der Waals surface area contributed by atoms with Gasteiger partial charge in [-0.15, -0.1) is 0 Å². The lowest BCUT2D eigenvalue weighted by molar-refractivity contribution is -0.440. The quantitative estimate of drug-likeness (QED) is 0.0685. The van der Waals surface area contributed by atoms with Crippen molar-refractivity contribution in [1.29, 1.82) is 0 Å². The molecule has 0 atom stereocenters. The molecule has 2 aliphatic carbocycles. The molecule has 10 rings (SSSR count). The highest BCUT2D eigenvalue weighted by molar-refractivity contribution is 6.33. The van der Waals surface area contributed by atoms with Crippen molar-refractivity contribution in [3.63, 3.8) is 0 Å². The number of unbranched alkanes of at least 4 members (excludes halogenated alkanes) is 5. The maximum absolute atomic E-state index is 7.43. The van der Waals surface area contributed by atoms with Crippen LogP contribution >= 0.6 is 23.2 Å². The molecule has 0 saturated heterocycles. The Morgan fingerprint density at radius 2 is 0.800 bits per heavy atom. The summed E-state index contributed by atoms with van der Waals surface area (Å²) in [6.07, 6.45) is 34.4. The summed E-state index contributed by atoms with van der Waals surface area (Å²) >= 11 is 14.9. The third-order valence-electron chi connectivity index (χ3n) is 18.9. The van der Waals surface area contributed by atoms with Crippen molar-refractivity contribution in [2.45, 2.75) is 181 Å². The van der Waals surface area contributed by atoms with Crippen LogP contribution in [0.2, 0.25) is 0 Å². The Morgan fingerprint density at radius 3 is 1.20 bits per heavy atom. The molecule has 4 aliphatic heterocycles. The molecule has 4 aromatic carbocycles. The minimum atomic E-state index is -0.123. The van der Waals surface area contributed by atoms with Gasteiger partial charge in [-0.2, -0.15) is 9.15 Å². The van der Waals surface area contributed by atoms with Crippen LogP contribution in [0.1, 0.15) is 181 Å². The molecular formula is C74H90Cl2N4+2. The number of anilines is 2. The van der Waals surface area contributed by atoms with Gasteiger partial charge in [0.05, 0.1) is 10.8 Å². The average Bonchev–Trinajstić information content (AvgIpc) is 4.03. The van der Waals surface area contributed by atoms with Gasteiger partial charge >= 0.3 is 0 Å². The van der Waals surface area contributed by atoms with Crippen molar-refractivity contribution in [3.8, 4) is 0 Å². The number of nitrogens with zero attached hydrogens (tertiary/aromatic N) is 4. The molecule has 4 nitrogen and oxygen atoms in total. The number of benzene rings is 4. The molecule has 6 heteroatoms. The fourth-order valence-corrected chi connectivity index (χ4v) is 14.8. The van der Waals surface area contributed by atoms with Crippen molar-refractivity contribution in [2.24, 2.45) is 0 Å². The van der Waals surface area contributed by atoms with E-state index < -0.39 is 0 Å². The second-order valence-corrected chi connectivity index (χ2v) is 26.4. The summed E-state index contributed by atoms with van der Waals surface area (Å²) in [6.45, 7) is 27.7. The van der Waals surface area contributed by atoms with Crippen molar-refractivity contribution in [1.82, 2.24) is 0 Å². The molecule has 6 aliphatic rings. The minimum absolute atomic E-state index is 0.0703. The standard InChI is InChI=1S/C74H90Cl2N4/c1-11-13-49-77-61-37-21-17-33-57(61)71(3,4)65(77)45-41-53-29-27-31-55(69(53)75)43-47-67-73(7,8)59-35-19-23-39-63(59)79(67)51-25-15-16-26-52-80-64-40-24-20-36-60(64)74(9,10)68(80)48-44-56-32-28-30-54(70(56)76)42-46-66-72(5,6)58-34-18-22-38-62(58)78(66)50-14-12-2/h17-24,33-48H,11-16,25-32,49-52H2,1-10H3/q+2. The normalized spacial score (nSPS) is 21.9. The molecule has 0 amide bonds. The van der Waals surface area contributed by atoms with Gasteiger partial charge in [0.25, 0.3) is 0 Å². The SMILES string of the molecule is CCCCN1/C(=C/C=C2\CCCC(/C=C/C3=[N+](CCCCCC[N+]4=C(/C=C/C5=C(Cl)C(=C/C=C6/N(CCCC)c7ccccc7C6(C)C)/CCC5)C(C)(C)c5ccccc54)c4ccccc4C3(C)C)=C2Cl)C(C)(C)c2ccccc21. The monoisotopic (exact) mass is 1100 g/mol. The van der Waals surface area contributed by atoms with E-state index in [2.05, 4.69) is 234 Å². The van der Waals surface area contributed by atoms with Gasteiger partial charge in [0, 0.05) is 105 Å². The number of hydrogen-bond donors (Lipinski definition) is 0. The topological polar surface area (TPSA) is 12.5 Å². The predicted molar refractivity (Wildman–Crippen MR) is 345 cm³/mol. The number of fused-ring (bicyclic) bond motifs is 4. The van der Waals surface area contributed by atoms with Crippen LogP contribution in [0.3, 0.4) is 0 Å². The Morgan fingerprint density at radius 1 is 0.425 bits per heavy atom. The first kappa shape index (κ1) is 57.6. The van der Waals surface area contributed by atoms with Gasteiger partial charge in [0.1, 0.15) is 13.1 Å². The first-order valence-corrected chi connectivity index (χ1v) is 31.5. The third kappa shape index (κ3) is 10.9. The Balaban J connectivity index is 0.844. The van der Waals surface area contributed by atoms with Crippen LogP contribution in [-0.2, 0) is 21.7 Å². The molecular weight excluding hydrogens is 1020 g/mol. The highest BCUT2D eigenvalue weighted by Crippen LogP contribution is 2.50. The zero-order valence-corrected chi connectivity index (χ0v) is 51.6. The molecule has 0 radical (unpaired) electrons. The van der Waals surface area contributed by atoms with E-state index in [0.717, 1.165) is 100 Å². The van der Waals surface area contributed by atoms with E-state index in [1.807, 2.05) is 0 Å². The molecule has 0 N–H and O–H groups in total. The number of allylic oxidation sites excluding steroid dienone is 16. The lowest BCUT2D eigenvalue weighted by Gasteiger charge is -2.27. The smallest absolute Gasteiger partial charge is 0.209 e. The molecule has 4 aromatic rings. The summed E-state index contributed by atoms with van der Waals surface area (Å²) in [5.41, 5.74) is 21.0. The van der Waals surface area contributed by atoms with Gasteiger partial charge in [-0.05, 0) is 150 Å². The second kappa shape index (κ2) is 24.0. The van der Waals surface area contributed by atoms with Crippen molar-refractivity contribution in [2.75, 3.05) is 36.0 Å². The number of hydrogen-bond acceptors (Lipinski definition) is 2. The summed E-state index contributed by atoms with van der Waals surface area (Å²) in [7, 11) is 0. The summed E-state index contributed by atoms with van der Waals surface area (Å²) in [5.74, 6) is 0. The van der Waals surface area contributed by atoms with Gasteiger partial charge in [-0.3, -0.25) is 0 Å². The van der Waals surface area contributed by atoms with Gasteiger partial charge in [0.2, 0.25) is 11.4 Å². The van der Waals surface area contributed by atoms with Crippen molar-refractivity contribution < 1.29 is 9.15 Å². The van der Waals surface area contributed by atoms with Crippen LogP contribution in [-0.4, -0.2) is 46.8 Å². The highest BCUT2D eigenvalue weighted by atomic mass is 35.5. The highest BCUT2D eigenvalue weighted by Gasteiger charge is 2.46.